The molecule has 0 fully saturated rings. The molecular weight excluding hydrogens is 202 g/mol. The number of nitrogens with two attached hydrogens (primary N) is 1. The third-order valence-corrected chi connectivity index (χ3v) is 2.51. The first-order valence-corrected chi connectivity index (χ1v) is 5.21. The van der Waals surface area contributed by atoms with Crippen LogP contribution in [0.1, 0.15) is 5.56 Å². The third kappa shape index (κ3) is 2.06. The maximum Gasteiger partial charge on any atom is 0.126 e. The van der Waals surface area contributed by atoms with Gasteiger partial charge in [-0.15, -0.1) is 0 Å². The standard InChI is InChI=1S/C12H15N3O/c1-16-12-3-2-9(4-5-13)6-11(12)10-7-14-15-8-10/h2-3,6-8H,4-5,13H2,1H3,(H,14,15). The van der Waals surface area contributed by atoms with E-state index in [1.165, 1.54) is 5.56 Å². The maximum absolute atomic E-state index is 5.55. The number of benzene rings is 1. The van der Waals surface area contributed by atoms with Crippen LogP contribution in [0.4, 0.5) is 0 Å². The van der Waals surface area contributed by atoms with Crippen molar-refractivity contribution in [3.8, 4) is 16.9 Å². The Kier molecular flexibility index (Phi) is 3.22. The van der Waals surface area contributed by atoms with Crippen LogP contribution in [0, 0.1) is 0 Å². The molecule has 0 bridgehead atoms. The van der Waals surface area contributed by atoms with Gasteiger partial charge < -0.3 is 10.5 Å². The normalized spacial score (nSPS) is 10.4. The molecule has 0 aliphatic rings. The van der Waals surface area contributed by atoms with E-state index in [9.17, 15) is 0 Å². The van der Waals surface area contributed by atoms with E-state index >= 15 is 0 Å². The fraction of sp³-hybridized carbons (Fsp3) is 0.250. The summed E-state index contributed by atoms with van der Waals surface area (Å²) in [6, 6.07) is 6.10. The SMILES string of the molecule is COc1ccc(CCN)cc1-c1cn[nH]c1. The summed E-state index contributed by atoms with van der Waals surface area (Å²) >= 11 is 0. The minimum atomic E-state index is 0.650. The van der Waals surface area contributed by atoms with Crippen LogP contribution < -0.4 is 10.5 Å². The summed E-state index contributed by atoms with van der Waals surface area (Å²) < 4.78 is 5.33. The van der Waals surface area contributed by atoms with Crippen molar-refractivity contribution >= 4 is 0 Å². The number of nitrogens with zero attached hydrogens (tertiary/aromatic N) is 1. The second kappa shape index (κ2) is 4.81. The number of ether oxygens (including phenoxy) is 1. The van der Waals surface area contributed by atoms with Gasteiger partial charge in [0.05, 0.1) is 13.3 Å². The zero-order chi connectivity index (χ0) is 11.4. The average Bonchev–Trinajstić information content (AvgIpc) is 2.83. The van der Waals surface area contributed by atoms with Crippen LogP contribution in [-0.2, 0) is 6.42 Å². The average molecular weight is 217 g/mol. The lowest BCUT2D eigenvalue weighted by Gasteiger charge is -2.08. The van der Waals surface area contributed by atoms with Crippen molar-refractivity contribution in [2.24, 2.45) is 5.73 Å². The first kappa shape index (κ1) is 10.7. The summed E-state index contributed by atoms with van der Waals surface area (Å²) in [4.78, 5) is 0. The van der Waals surface area contributed by atoms with E-state index in [1.807, 2.05) is 18.3 Å². The molecule has 4 heteroatoms. The summed E-state index contributed by atoms with van der Waals surface area (Å²) in [6.07, 6.45) is 4.50. The maximum atomic E-state index is 5.55. The number of hydrogen-bond donors (Lipinski definition) is 2. The van der Waals surface area contributed by atoms with Crippen molar-refractivity contribution < 1.29 is 4.74 Å². The molecular formula is C12H15N3O. The largest absolute Gasteiger partial charge is 0.496 e. The van der Waals surface area contributed by atoms with Gasteiger partial charge in [0.25, 0.3) is 0 Å². The third-order valence-electron chi connectivity index (χ3n) is 2.51. The highest BCUT2D eigenvalue weighted by atomic mass is 16.5. The van der Waals surface area contributed by atoms with E-state index in [-0.39, 0.29) is 0 Å². The fourth-order valence-electron chi connectivity index (χ4n) is 1.70. The lowest BCUT2D eigenvalue weighted by molar-refractivity contribution is 0.416. The summed E-state index contributed by atoms with van der Waals surface area (Å²) in [5, 5.41) is 6.75. The highest BCUT2D eigenvalue weighted by Crippen LogP contribution is 2.30. The highest BCUT2D eigenvalue weighted by Gasteiger charge is 2.07. The molecule has 0 spiro atoms. The molecule has 0 saturated carbocycles. The lowest BCUT2D eigenvalue weighted by atomic mass is 10.0. The van der Waals surface area contributed by atoms with Gasteiger partial charge in [-0.2, -0.15) is 5.10 Å². The number of methoxy groups -OCH3 is 1. The van der Waals surface area contributed by atoms with Crippen LogP contribution >= 0.6 is 0 Å². The minimum Gasteiger partial charge on any atom is -0.496 e. The minimum absolute atomic E-state index is 0.650. The van der Waals surface area contributed by atoms with Gasteiger partial charge in [-0.25, -0.2) is 0 Å². The van der Waals surface area contributed by atoms with Crippen molar-refractivity contribution in [2.45, 2.75) is 6.42 Å². The summed E-state index contributed by atoms with van der Waals surface area (Å²) in [5.41, 5.74) is 8.83. The first-order valence-electron chi connectivity index (χ1n) is 5.21. The Balaban J connectivity index is 2.43. The Bertz CT molecular complexity index is 451. The van der Waals surface area contributed by atoms with Gasteiger partial charge in [-0.3, -0.25) is 5.10 Å². The van der Waals surface area contributed by atoms with Crippen molar-refractivity contribution in [1.82, 2.24) is 10.2 Å². The van der Waals surface area contributed by atoms with Gasteiger partial charge in [0, 0.05) is 17.3 Å². The Hall–Kier alpha value is -1.81. The number of H-pyrrole nitrogens is 1. The predicted octanol–water partition coefficient (Wildman–Crippen LogP) is 1.59. The molecule has 1 aromatic carbocycles. The smallest absolute Gasteiger partial charge is 0.126 e. The van der Waals surface area contributed by atoms with Crippen LogP contribution in [-0.4, -0.2) is 23.9 Å². The molecule has 0 radical (unpaired) electrons. The number of rotatable bonds is 4. The van der Waals surface area contributed by atoms with E-state index in [4.69, 9.17) is 10.5 Å². The first-order chi connectivity index (χ1) is 7.85. The second-order valence-corrected chi connectivity index (χ2v) is 3.56. The van der Waals surface area contributed by atoms with Crippen LogP contribution in [0.25, 0.3) is 11.1 Å². The predicted molar refractivity (Wildman–Crippen MR) is 63.3 cm³/mol. The van der Waals surface area contributed by atoms with Crippen LogP contribution in [0.15, 0.2) is 30.6 Å². The molecule has 84 valence electrons. The quantitative estimate of drug-likeness (QED) is 0.817. The molecule has 0 unspecified atom stereocenters. The zero-order valence-corrected chi connectivity index (χ0v) is 9.23. The van der Waals surface area contributed by atoms with Gasteiger partial charge in [-0.1, -0.05) is 6.07 Å². The van der Waals surface area contributed by atoms with Gasteiger partial charge in [0.15, 0.2) is 0 Å². The van der Waals surface area contributed by atoms with E-state index < -0.39 is 0 Å². The van der Waals surface area contributed by atoms with Gasteiger partial charge >= 0.3 is 0 Å². The van der Waals surface area contributed by atoms with Crippen molar-refractivity contribution in [3.05, 3.63) is 36.2 Å². The van der Waals surface area contributed by atoms with E-state index in [0.29, 0.717) is 6.54 Å². The molecule has 2 rings (SSSR count). The Morgan fingerprint density at radius 1 is 1.44 bits per heavy atom. The van der Waals surface area contributed by atoms with Gasteiger partial charge in [0.2, 0.25) is 0 Å². The van der Waals surface area contributed by atoms with Crippen molar-refractivity contribution in [1.29, 1.82) is 0 Å². The molecule has 16 heavy (non-hydrogen) atoms. The fourth-order valence-corrected chi connectivity index (χ4v) is 1.70. The summed E-state index contributed by atoms with van der Waals surface area (Å²) in [5.74, 6) is 0.849. The Morgan fingerprint density at radius 3 is 2.94 bits per heavy atom. The molecule has 3 N–H and O–H groups in total. The molecule has 2 aromatic rings. The van der Waals surface area contributed by atoms with Crippen LogP contribution in [0.2, 0.25) is 0 Å². The van der Waals surface area contributed by atoms with E-state index in [2.05, 4.69) is 16.3 Å². The lowest BCUT2D eigenvalue weighted by Crippen LogP contribution is -2.02. The number of aromatic amines is 1. The highest BCUT2D eigenvalue weighted by molar-refractivity contribution is 5.70. The number of aromatic nitrogens is 2. The molecule has 0 aliphatic heterocycles. The Labute approximate surface area is 94.4 Å². The molecule has 0 amide bonds. The van der Waals surface area contributed by atoms with Gasteiger partial charge in [-0.05, 0) is 30.7 Å². The molecule has 4 nitrogen and oxygen atoms in total. The van der Waals surface area contributed by atoms with Crippen LogP contribution in [0.5, 0.6) is 5.75 Å². The second-order valence-electron chi connectivity index (χ2n) is 3.56. The zero-order valence-electron chi connectivity index (χ0n) is 9.23. The van der Waals surface area contributed by atoms with E-state index in [1.54, 1.807) is 13.3 Å². The monoisotopic (exact) mass is 217 g/mol. The van der Waals surface area contributed by atoms with Crippen molar-refractivity contribution in [2.75, 3.05) is 13.7 Å². The summed E-state index contributed by atoms with van der Waals surface area (Å²) in [7, 11) is 1.67. The summed E-state index contributed by atoms with van der Waals surface area (Å²) in [6.45, 7) is 0.650. The van der Waals surface area contributed by atoms with E-state index in [0.717, 1.165) is 23.3 Å². The number of nitrogens with one attached hydrogen (secondary N) is 1. The molecule has 0 saturated heterocycles. The van der Waals surface area contributed by atoms with Crippen molar-refractivity contribution in [3.63, 3.8) is 0 Å². The van der Waals surface area contributed by atoms with Crippen LogP contribution in [0.3, 0.4) is 0 Å². The number of hydrogen-bond acceptors (Lipinski definition) is 3. The topological polar surface area (TPSA) is 63.9 Å². The molecule has 1 aromatic heterocycles. The van der Waals surface area contributed by atoms with Gasteiger partial charge in [0.1, 0.15) is 5.75 Å². The molecule has 0 atom stereocenters. The molecule has 0 aliphatic carbocycles. The Morgan fingerprint density at radius 2 is 2.31 bits per heavy atom. The molecule has 1 heterocycles.